The summed E-state index contributed by atoms with van der Waals surface area (Å²) in [6, 6.07) is 1.57. The van der Waals surface area contributed by atoms with Gasteiger partial charge in [-0.2, -0.15) is 5.10 Å². The molecule has 142 valence electrons. The average molecular weight is 387 g/mol. The number of anilines is 1. The van der Waals surface area contributed by atoms with Crippen LogP contribution in [0.3, 0.4) is 0 Å². The van der Waals surface area contributed by atoms with Crippen molar-refractivity contribution >= 4 is 21.6 Å². The predicted octanol–water partition coefficient (Wildman–Crippen LogP) is 2.18. The quantitative estimate of drug-likeness (QED) is 0.822. The van der Waals surface area contributed by atoms with Gasteiger partial charge in [-0.15, -0.1) is 4.36 Å². The molecule has 9 heteroatoms. The summed E-state index contributed by atoms with van der Waals surface area (Å²) in [5.74, 6) is 0.330. The number of carbonyl (C=O) groups excluding carboxylic acids is 1. The lowest BCUT2D eigenvalue weighted by molar-refractivity contribution is 0.248. The molecule has 2 heterocycles. The van der Waals surface area contributed by atoms with Crippen molar-refractivity contribution in [1.82, 2.24) is 9.78 Å². The van der Waals surface area contributed by atoms with Crippen LogP contribution >= 0.6 is 0 Å². The van der Waals surface area contributed by atoms with E-state index in [9.17, 15) is 9.00 Å². The molecule has 27 heavy (non-hydrogen) atoms. The number of carbonyl (C=O) groups is 1. The van der Waals surface area contributed by atoms with E-state index >= 15 is 0 Å². The monoisotopic (exact) mass is 387 g/mol. The molecular formula is C18H21N5O3S. The Labute approximate surface area is 157 Å². The van der Waals surface area contributed by atoms with Crippen molar-refractivity contribution in [2.45, 2.75) is 56.6 Å². The topological polar surface area (TPSA) is 112 Å². The highest BCUT2D eigenvalue weighted by Gasteiger charge is 2.30. The highest BCUT2D eigenvalue weighted by molar-refractivity contribution is 7.91. The number of nitrogens with one attached hydrogen (secondary N) is 1. The molecule has 2 atom stereocenters. The number of rotatable bonds is 2. The summed E-state index contributed by atoms with van der Waals surface area (Å²) in [6.07, 6.45) is 6.33. The number of nitrogens with two attached hydrogens (primary N) is 1. The van der Waals surface area contributed by atoms with E-state index in [1.54, 1.807) is 4.68 Å². The van der Waals surface area contributed by atoms with E-state index in [-0.39, 0.29) is 11.0 Å². The second-order valence-electron chi connectivity index (χ2n) is 7.40. The maximum atomic E-state index is 12.9. The predicted molar refractivity (Wildman–Crippen MR) is 100 cm³/mol. The van der Waals surface area contributed by atoms with Gasteiger partial charge < -0.3 is 10.1 Å². The number of ether oxygens (including phenoxy) is 1. The smallest absolute Gasteiger partial charge is 0.354 e. The molecule has 0 spiro atoms. The molecule has 3 aliphatic rings. The van der Waals surface area contributed by atoms with Crippen LogP contribution in [0.15, 0.2) is 21.5 Å². The number of aromatic nitrogens is 2. The Morgan fingerprint density at radius 3 is 2.89 bits per heavy atom. The molecule has 2 unspecified atom stereocenters. The van der Waals surface area contributed by atoms with Crippen LogP contribution in [0.1, 0.15) is 35.6 Å². The van der Waals surface area contributed by atoms with Crippen molar-refractivity contribution in [3.63, 3.8) is 0 Å². The van der Waals surface area contributed by atoms with Crippen LogP contribution in [0.2, 0.25) is 0 Å². The first-order valence-corrected chi connectivity index (χ1v) is 10.7. The molecule has 0 saturated carbocycles. The fraction of sp³-hybridized carbons (Fsp3) is 0.444. The molecule has 0 bridgehead atoms. The van der Waals surface area contributed by atoms with Crippen LogP contribution in [-0.2, 0) is 42.1 Å². The SMILES string of the molecule is CC1Cn2ncc(S(N)(=O)=NC(=O)Nc3c4c(cc5c3CC5)CCC4)c2O1. The standard InChI is InChI=1S/C18H21N5O3S/c1-10-9-23-17(26-10)15(8-20-23)27(19,25)22-18(24)21-16-13-4-2-3-11(13)7-12-5-6-14(12)16/h7-8,10H,2-6,9H2,1H3,(H3,19,21,22,24,25). The third kappa shape index (κ3) is 2.64. The number of aryl methyl sites for hydroxylation is 2. The van der Waals surface area contributed by atoms with Crippen molar-refractivity contribution in [1.29, 1.82) is 0 Å². The van der Waals surface area contributed by atoms with E-state index in [4.69, 9.17) is 9.88 Å². The normalized spacial score (nSPS) is 21.3. The Balaban J connectivity index is 1.47. The van der Waals surface area contributed by atoms with E-state index in [1.165, 1.54) is 28.5 Å². The van der Waals surface area contributed by atoms with Gasteiger partial charge in [-0.05, 0) is 61.3 Å². The van der Waals surface area contributed by atoms with E-state index in [2.05, 4.69) is 20.8 Å². The van der Waals surface area contributed by atoms with Gasteiger partial charge >= 0.3 is 6.03 Å². The van der Waals surface area contributed by atoms with Crippen LogP contribution < -0.4 is 15.2 Å². The van der Waals surface area contributed by atoms with Gasteiger partial charge in [-0.25, -0.2) is 18.8 Å². The lowest BCUT2D eigenvalue weighted by Gasteiger charge is -2.25. The van der Waals surface area contributed by atoms with Crippen LogP contribution in [0.4, 0.5) is 10.5 Å². The minimum absolute atomic E-state index is 0.0813. The minimum Gasteiger partial charge on any atom is -0.472 e. The van der Waals surface area contributed by atoms with Crippen molar-refractivity contribution in [2.75, 3.05) is 5.32 Å². The van der Waals surface area contributed by atoms with Gasteiger partial charge in [0.1, 0.15) is 11.0 Å². The molecule has 2 aromatic rings. The minimum atomic E-state index is -3.45. The maximum absolute atomic E-state index is 12.9. The van der Waals surface area contributed by atoms with Gasteiger partial charge in [0.15, 0.2) is 9.92 Å². The van der Waals surface area contributed by atoms with Gasteiger partial charge in [0, 0.05) is 5.69 Å². The second-order valence-corrected chi connectivity index (χ2v) is 9.15. The number of hydrogen-bond acceptors (Lipinski definition) is 4. The van der Waals surface area contributed by atoms with Gasteiger partial charge in [-0.1, -0.05) is 6.07 Å². The van der Waals surface area contributed by atoms with Crippen molar-refractivity contribution < 1.29 is 13.7 Å². The Hall–Kier alpha value is -2.39. The third-order valence-corrected chi connectivity index (χ3v) is 6.86. The molecule has 0 radical (unpaired) electrons. The fourth-order valence-corrected chi connectivity index (χ4v) is 5.17. The van der Waals surface area contributed by atoms with Crippen molar-refractivity contribution in [3.8, 4) is 5.88 Å². The van der Waals surface area contributed by atoms with E-state index in [1.807, 2.05) is 6.92 Å². The van der Waals surface area contributed by atoms with E-state index in [0.717, 1.165) is 37.8 Å². The number of urea groups is 1. The zero-order valence-electron chi connectivity index (χ0n) is 15.0. The molecular weight excluding hydrogens is 366 g/mol. The number of benzene rings is 1. The van der Waals surface area contributed by atoms with Gasteiger partial charge in [0.2, 0.25) is 5.88 Å². The zero-order chi connectivity index (χ0) is 18.8. The van der Waals surface area contributed by atoms with Crippen LogP contribution in [-0.4, -0.2) is 26.1 Å². The van der Waals surface area contributed by atoms with Crippen LogP contribution in [0.5, 0.6) is 5.88 Å². The van der Waals surface area contributed by atoms with Crippen molar-refractivity contribution in [2.24, 2.45) is 9.50 Å². The average Bonchev–Trinajstić information content (AvgIpc) is 3.24. The maximum Gasteiger partial charge on any atom is 0.354 e. The lowest BCUT2D eigenvalue weighted by atomic mass is 9.83. The molecule has 1 aliphatic heterocycles. The summed E-state index contributed by atoms with van der Waals surface area (Å²) in [7, 11) is -3.45. The second kappa shape index (κ2) is 5.80. The van der Waals surface area contributed by atoms with E-state index < -0.39 is 15.9 Å². The molecule has 0 fully saturated rings. The molecule has 1 aromatic carbocycles. The first-order chi connectivity index (χ1) is 12.9. The summed E-state index contributed by atoms with van der Waals surface area (Å²) in [6.45, 7) is 2.44. The first-order valence-electron chi connectivity index (χ1n) is 9.17. The highest BCUT2D eigenvalue weighted by Crippen LogP contribution is 2.39. The number of amides is 2. The van der Waals surface area contributed by atoms with E-state index in [0.29, 0.717) is 12.4 Å². The summed E-state index contributed by atoms with van der Waals surface area (Å²) >= 11 is 0. The molecule has 2 amide bonds. The Morgan fingerprint density at radius 2 is 2.11 bits per heavy atom. The number of fused-ring (bicyclic) bond motifs is 3. The van der Waals surface area contributed by atoms with Gasteiger partial charge in [0.25, 0.3) is 0 Å². The largest absolute Gasteiger partial charge is 0.472 e. The Kier molecular flexibility index (Phi) is 3.60. The number of nitrogens with zero attached hydrogens (tertiary/aromatic N) is 3. The summed E-state index contributed by atoms with van der Waals surface area (Å²) in [5, 5.41) is 12.9. The molecule has 0 saturated heterocycles. The molecule has 2 aliphatic carbocycles. The molecule has 3 N–H and O–H groups in total. The van der Waals surface area contributed by atoms with Crippen molar-refractivity contribution in [3.05, 3.63) is 34.5 Å². The molecule has 5 rings (SSSR count). The van der Waals surface area contributed by atoms with Gasteiger partial charge in [0.05, 0.1) is 12.7 Å². The first kappa shape index (κ1) is 16.8. The third-order valence-electron chi connectivity index (χ3n) is 5.51. The zero-order valence-corrected chi connectivity index (χ0v) is 15.8. The number of hydrogen-bond donors (Lipinski definition) is 2. The molecule has 1 aromatic heterocycles. The highest BCUT2D eigenvalue weighted by atomic mass is 32.2. The summed E-state index contributed by atoms with van der Waals surface area (Å²) in [4.78, 5) is 12.7. The Bertz CT molecular complexity index is 1100. The lowest BCUT2D eigenvalue weighted by Crippen LogP contribution is -2.21. The summed E-state index contributed by atoms with van der Waals surface area (Å²) < 4.78 is 23.9. The Morgan fingerprint density at radius 1 is 1.33 bits per heavy atom. The van der Waals surface area contributed by atoms with Crippen LogP contribution in [0, 0.1) is 0 Å². The van der Waals surface area contributed by atoms with Crippen LogP contribution in [0.25, 0.3) is 0 Å². The molecule has 8 nitrogen and oxygen atoms in total. The summed E-state index contributed by atoms with van der Waals surface area (Å²) in [5.41, 5.74) is 5.79. The van der Waals surface area contributed by atoms with Gasteiger partial charge in [-0.3, -0.25) is 0 Å². The fourth-order valence-electron chi connectivity index (χ4n) is 4.17.